The number of rotatable bonds is 1. The Morgan fingerprint density at radius 2 is 2.17 bits per heavy atom. The van der Waals surface area contributed by atoms with Crippen LogP contribution in [0.2, 0.25) is 0 Å². The lowest BCUT2D eigenvalue weighted by atomic mass is 10.3. The quantitative estimate of drug-likeness (QED) is 0.749. The Hall–Kier alpha value is -0.870. The van der Waals surface area contributed by atoms with Crippen molar-refractivity contribution in [3.8, 4) is 0 Å². The van der Waals surface area contributed by atoms with Crippen molar-refractivity contribution in [3.05, 3.63) is 21.9 Å². The van der Waals surface area contributed by atoms with Gasteiger partial charge < -0.3 is 5.73 Å². The Balaban J connectivity index is 2.64. The van der Waals surface area contributed by atoms with Gasteiger partial charge in [-0.2, -0.15) is 0 Å². The van der Waals surface area contributed by atoms with E-state index >= 15 is 0 Å². The number of nitrogens with two attached hydrogens (primary N) is 1. The number of carbonyl (C=O) groups excluding carboxylic acids is 1. The van der Waals surface area contributed by atoms with Gasteiger partial charge in [-0.05, 0) is 19.1 Å². The van der Waals surface area contributed by atoms with Crippen LogP contribution in [-0.2, 0) is 0 Å². The summed E-state index contributed by atoms with van der Waals surface area (Å²) in [5, 5.41) is 1.14. The lowest BCUT2D eigenvalue weighted by molar-refractivity contribution is 0.100. The number of primary amides is 1. The molecule has 0 fully saturated rings. The maximum absolute atomic E-state index is 10.8. The van der Waals surface area contributed by atoms with E-state index in [1.165, 1.54) is 20.2 Å². The maximum atomic E-state index is 10.8. The van der Waals surface area contributed by atoms with Gasteiger partial charge in [-0.15, -0.1) is 22.7 Å². The number of thiophene rings is 2. The van der Waals surface area contributed by atoms with Gasteiger partial charge in [0.05, 0.1) is 8.89 Å². The van der Waals surface area contributed by atoms with E-state index in [1.807, 2.05) is 6.07 Å². The predicted molar refractivity (Wildman–Crippen MR) is 53.0 cm³/mol. The van der Waals surface area contributed by atoms with E-state index in [1.54, 1.807) is 11.3 Å². The van der Waals surface area contributed by atoms with E-state index in [0.717, 1.165) is 5.39 Å². The molecule has 2 rings (SSSR count). The zero-order chi connectivity index (χ0) is 8.72. The molecule has 0 saturated heterocycles. The van der Waals surface area contributed by atoms with Gasteiger partial charge in [0, 0.05) is 10.3 Å². The first-order valence-corrected chi connectivity index (χ1v) is 5.10. The van der Waals surface area contributed by atoms with E-state index in [-0.39, 0.29) is 5.91 Å². The van der Waals surface area contributed by atoms with Crippen LogP contribution in [0.25, 0.3) is 9.40 Å². The van der Waals surface area contributed by atoms with Gasteiger partial charge in [0.1, 0.15) is 0 Å². The highest BCUT2D eigenvalue weighted by molar-refractivity contribution is 7.39. The third-order valence-corrected chi connectivity index (χ3v) is 3.90. The smallest absolute Gasteiger partial charge is 0.258 e. The molecule has 0 unspecified atom stereocenters. The SMILES string of the molecule is Cc1cc2cc(C(N)=O)sc2s1. The van der Waals surface area contributed by atoms with Crippen molar-refractivity contribution in [2.24, 2.45) is 5.73 Å². The normalized spacial score (nSPS) is 10.8. The van der Waals surface area contributed by atoms with E-state index in [4.69, 9.17) is 5.73 Å². The lowest BCUT2D eigenvalue weighted by Gasteiger charge is -1.82. The van der Waals surface area contributed by atoms with Gasteiger partial charge in [0.15, 0.2) is 0 Å². The Morgan fingerprint density at radius 1 is 1.42 bits per heavy atom. The topological polar surface area (TPSA) is 43.1 Å². The average molecular weight is 197 g/mol. The molecule has 1 amide bonds. The van der Waals surface area contributed by atoms with Gasteiger partial charge >= 0.3 is 0 Å². The first-order valence-electron chi connectivity index (χ1n) is 3.46. The minimum absolute atomic E-state index is 0.332. The Kier molecular flexibility index (Phi) is 1.66. The largest absolute Gasteiger partial charge is 0.365 e. The molecule has 2 aromatic rings. The summed E-state index contributed by atoms with van der Waals surface area (Å²) in [6.45, 7) is 2.06. The monoisotopic (exact) mass is 197 g/mol. The lowest BCUT2D eigenvalue weighted by Crippen LogP contribution is -2.07. The molecule has 2 nitrogen and oxygen atoms in total. The van der Waals surface area contributed by atoms with E-state index < -0.39 is 0 Å². The second-order valence-electron chi connectivity index (χ2n) is 2.57. The first-order chi connectivity index (χ1) is 5.66. The summed E-state index contributed by atoms with van der Waals surface area (Å²) in [6, 6.07) is 3.93. The molecular weight excluding hydrogens is 190 g/mol. The molecule has 0 aliphatic carbocycles. The summed E-state index contributed by atoms with van der Waals surface area (Å²) in [5.74, 6) is -0.332. The number of aryl methyl sites for hydroxylation is 1. The fourth-order valence-electron chi connectivity index (χ4n) is 1.08. The van der Waals surface area contributed by atoms with Crippen molar-refractivity contribution in [2.75, 3.05) is 0 Å². The van der Waals surface area contributed by atoms with Crippen LogP contribution in [-0.4, -0.2) is 5.91 Å². The van der Waals surface area contributed by atoms with Crippen LogP contribution < -0.4 is 5.73 Å². The molecule has 0 aliphatic rings. The van der Waals surface area contributed by atoms with E-state index in [0.29, 0.717) is 4.88 Å². The molecule has 0 spiro atoms. The molecule has 2 heterocycles. The van der Waals surface area contributed by atoms with Crippen LogP contribution in [0.15, 0.2) is 12.1 Å². The Morgan fingerprint density at radius 3 is 2.75 bits per heavy atom. The summed E-state index contributed by atoms with van der Waals surface area (Å²) >= 11 is 3.17. The molecule has 0 radical (unpaired) electrons. The molecule has 2 aromatic heterocycles. The van der Waals surface area contributed by atoms with Gasteiger partial charge in [-0.1, -0.05) is 0 Å². The van der Waals surface area contributed by atoms with Crippen LogP contribution in [0, 0.1) is 6.92 Å². The fraction of sp³-hybridized carbons (Fsp3) is 0.125. The zero-order valence-electron chi connectivity index (χ0n) is 6.46. The summed E-state index contributed by atoms with van der Waals surface area (Å²) in [5.41, 5.74) is 5.15. The maximum Gasteiger partial charge on any atom is 0.258 e. The molecule has 0 atom stereocenters. The summed E-state index contributed by atoms with van der Waals surface area (Å²) in [4.78, 5) is 12.7. The van der Waals surface area contributed by atoms with Crippen molar-refractivity contribution in [3.63, 3.8) is 0 Å². The predicted octanol–water partition coefficient (Wildman–Crippen LogP) is 2.37. The van der Waals surface area contributed by atoms with Crippen LogP contribution in [0.4, 0.5) is 0 Å². The highest BCUT2D eigenvalue weighted by Gasteiger charge is 2.07. The van der Waals surface area contributed by atoms with Gasteiger partial charge in [0.2, 0.25) is 0 Å². The van der Waals surface area contributed by atoms with Crippen LogP contribution >= 0.6 is 22.7 Å². The molecule has 0 saturated carbocycles. The Bertz CT molecular complexity index is 409. The highest BCUT2D eigenvalue weighted by atomic mass is 32.2. The zero-order valence-corrected chi connectivity index (χ0v) is 8.09. The average Bonchev–Trinajstić information content (AvgIpc) is 2.42. The van der Waals surface area contributed by atoms with E-state index in [9.17, 15) is 4.79 Å². The van der Waals surface area contributed by atoms with Gasteiger partial charge in [-0.25, -0.2) is 0 Å². The highest BCUT2D eigenvalue weighted by Crippen LogP contribution is 2.32. The molecular formula is C8H7NOS2. The van der Waals surface area contributed by atoms with Crippen LogP contribution in [0.3, 0.4) is 0 Å². The van der Waals surface area contributed by atoms with Crippen LogP contribution in [0.5, 0.6) is 0 Å². The number of amides is 1. The molecule has 62 valence electrons. The number of hydrogen-bond donors (Lipinski definition) is 1. The summed E-state index contributed by atoms with van der Waals surface area (Å²) in [6.07, 6.45) is 0. The molecule has 2 N–H and O–H groups in total. The van der Waals surface area contributed by atoms with Crippen LogP contribution in [0.1, 0.15) is 14.5 Å². The minimum Gasteiger partial charge on any atom is -0.365 e. The summed E-state index contributed by atoms with van der Waals surface area (Å²) in [7, 11) is 0. The standard InChI is InChI=1S/C8H7NOS2/c1-4-2-5-3-6(7(9)10)12-8(5)11-4/h2-3H,1H3,(H2,9,10). The second-order valence-corrected chi connectivity index (χ2v) is 5.14. The third-order valence-electron chi connectivity index (χ3n) is 1.58. The van der Waals surface area contributed by atoms with Crippen molar-refractivity contribution >= 4 is 38.0 Å². The van der Waals surface area contributed by atoms with Crippen molar-refractivity contribution in [1.29, 1.82) is 0 Å². The molecule has 4 heteroatoms. The van der Waals surface area contributed by atoms with Crippen molar-refractivity contribution in [1.82, 2.24) is 0 Å². The molecule has 12 heavy (non-hydrogen) atoms. The number of fused-ring (bicyclic) bond motifs is 1. The van der Waals surface area contributed by atoms with Crippen molar-refractivity contribution in [2.45, 2.75) is 6.92 Å². The third kappa shape index (κ3) is 1.13. The second kappa shape index (κ2) is 2.57. The summed E-state index contributed by atoms with van der Waals surface area (Å²) < 4.78 is 1.18. The number of hydrogen-bond acceptors (Lipinski definition) is 3. The molecule has 0 aliphatic heterocycles. The Labute approximate surface area is 77.6 Å². The first kappa shape index (κ1) is 7.76. The fourth-order valence-corrected chi connectivity index (χ4v) is 3.35. The molecule has 0 bridgehead atoms. The number of carbonyl (C=O) groups is 1. The minimum atomic E-state index is -0.332. The van der Waals surface area contributed by atoms with Gasteiger partial charge in [0.25, 0.3) is 5.91 Å². The van der Waals surface area contributed by atoms with Gasteiger partial charge in [-0.3, -0.25) is 4.79 Å². The van der Waals surface area contributed by atoms with E-state index in [2.05, 4.69) is 13.0 Å². The van der Waals surface area contributed by atoms with Crippen molar-refractivity contribution < 1.29 is 4.79 Å². The molecule has 0 aromatic carbocycles.